The third-order valence-electron chi connectivity index (χ3n) is 4.57. The van der Waals surface area contributed by atoms with Crippen molar-refractivity contribution in [2.24, 2.45) is 0 Å². The van der Waals surface area contributed by atoms with E-state index in [1.54, 1.807) is 30.3 Å². The second kappa shape index (κ2) is 8.93. The van der Waals surface area contributed by atoms with E-state index in [-0.39, 0.29) is 5.97 Å². The van der Waals surface area contributed by atoms with Gasteiger partial charge in [-0.25, -0.2) is 9.59 Å². The van der Waals surface area contributed by atoms with Gasteiger partial charge in [0.2, 0.25) is 0 Å². The molecule has 0 amide bonds. The lowest BCUT2D eigenvalue weighted by atomic mass is 9.98. The smallest absolute Gasteiger partial charge is 0.340 e. The van der Waals surface area contributed by atoms with Crippen LogP contribution in [0.15, 0.2) is 66.7 Å². The molecule has 0 aliphatic rings. The molecule has 6 heteroatoms. The number of para-hydroxylation sites is 1. The van der Waals surface area contributed by atoms with Gasteiger partial charge in [-0.15, -0.1) is 0 Å². The number of carbonyl (C=O) groups excluding carboxylic acids is 2. The summed E-state index contributed by atoms with van der Waals surface area (Å²) in [6.07, 6.45) is 0. The van der Waals surface area contributed by atoms with Gasteiger partial charge in [0.05, 0.1) is 36.7 Å². The van der Waals surface area contributed by atoms with Gasteiger partial charge in [0.15, 0.2) is 0 Å². The Balaban J connectivity index is 1.80. The van der Waals surface area contributed by atoms with Gasteiger partial charge < -0.3 is 20.5 Å². The zero-order chi connectivity index (χ0) is 20.8. The van der Waals surface area contributed by atoms with Gasteiger partial charge in [0.25, 0.3) is 0 Å². The van der Waals surface area contributed by atoms with Crippen molar-refractivity contribution < 1.29 is 19.1 Å². The molecule has 148 valence electrons. The van der Waals surface area contributed by atoms with Crippen LogP contribution in [0.5, 0.6) is 0 Å². The highest BCUT2D eigenvalue weighted by Crippen LogP contribution is 2.27. The number of hydrogen-bond donors (Lipinski definition) is 2. The van der Waals surface area contributed by atoms with Crippen molar-refractivity contribution in [3.05, 3.63) is 83.4 Å². The molecule has 0 saturated heterocycles. The summed E-state index contributed by atoms with van der Waals surface area (Å²) in [4.78, 5) is 24.0. The van der Waals surface area contributed by atoms with Crippen molar-refractivity contribution in [1.82, 2.24) is 0 Å². The summed E-state index contributed by atoms with van der Waals surface area (Å²) < 4.78 is 9.68. The second-order valence-electron chi connectivity index (χ2n) is 6.35. The number of hydrogen-bond acceptors (Lipinski definition) is 6. The Morgan fingerprint density at radius 2 is 1.45 bits per heavy atom. The van der Waals surface area contributed by atoms with Crippen LogP contribution in [0.1, 0.15) is 26.3 Å². The molecular weight excluding hydrogens is 368 g/mol. The molecule has 0 spiro atoms. The fourth-order valence-corrected chi connectivity index (χ4v) is 3.06. The molecule has 0 aromatic heterocycles. The van der Waals surface area contributed by atoms with E-state index < -0.39 is 5.97 Å². The average Bonchev–Trinajstić information content (AvgIpc) is 2.77. The molecule has 0 saturated carbocycles. The van der Waals surface area contributed by atoms with Crippen LogP contribution in [0, 0.1) is 0 Å². The van der Waals surface area contributed by atoms with Crippen molar-refractivity contribution in [2.45, 2.75) is 6.54 Å². The summed E-state index contributed by atoms with van der Waals surface area (Å²) in [5.41, 5.74) is 10.6. The summed E-state index contributed by atoms with van der Waals surface area (Å²) in [5, 5.41) is 3.21. The average molecular weight is 390 g/mol. The Kier molecular flexibility index (Phi) is 6.14. The normalized spacial score (nSPS) is 10.3. The van der Waals surface area contributed by atoms with Gasteiger partial charge in [-0.1, -0.05) is 48.5 Å². The minimum atomic E-state index is -0.449. The predicted molar refractivity (Wildman–Crippen MR) is 113 cm³/mol. The fraction of sp³-hybridized carbons (Fsp3) is 0.130. The van der Waals surface area contributed by atoms with Crippen LogP contribution in [-0.2, 0) is 16.0 Å². The van der Waals surface area contributed by atoms with Gasteiger partial charge in [-0.05, 0) is 34.9 Å². The number of nitrogens with one attached hydrogen (secondary N) is 1. The minimum absolute atomic E-state index is 0.374. The first-order chi connectivity index (χ1) is 14.0. The maximum absolute atomic E-state index is 12.0. The van der Waals surface area contributed by atoms with E-state index in [1.807, 2.05) is 36.4 Å². The molecule has 0 fully saturated rings. The molecule has 3 aromatic rings. The molecule has 6 nitrogen and oxygen atoms in total. The van der Waals surface area contributed by atoms with Crippen LogP contribution >= 0.6 is 0 Å². The third-order valence-corrected chi connectivity index (χ3v) is 4.57. The molecule has 3 aromatic carbocycles. The van der Waals surface area contributed by atoms with Gasteiger partial charge in [0.1, 0.15) is 0 Å². The lowest BCUT2D eigenvalue weighted by Gasteiger charge is -2.14. The first-order valence-corrected chi connectivity index (χ1v) is 9.02. The maximum Gasteiger partial charge on any atom is 0.340 e. The molecule has 29 heavy (non-hydrogen) atoms. The molecule has 0 aliphatic carbocycles. The van der Waals surface area contributed by atoms with Gasteiger partial charge in [-0.3, -0.25) is 0 Å². The SMILES string of the molecule is COC(=O)c1ccccc1-c1ccc(CNc2c(N)cccc2C(=O)OC)cc1. The zero-order valence-electron chi connectivity index (χ0n) is 16.3. The van der Waals surface area contributed by atoms with Gasteiger partial charge in [-0.2, -0.15) is 0 Å². The quantitative estimate of drug-likeness (QED) is 0.486. The Morgan fingerprint density at radius 3 is 2.14 bits per heavy atom. The van der Waals surface area contributed by atoms with Gasteiger partial charge in [0, 0.05) is 6.54 Å². The number of ether oxygens (including phenoxy) is 2. The molecule has 0 aliphatic heterocycles. The van der Waals surface area contributed by atoms with Crippen LogP contribution < -0.4 is 11.1 Å². The Morgan fingerprint density at radius 1 is 0.828 bits per heavy atom. The van der Waals surface area contributed by atoms with Crippen LogP contribution in [0.4, 0.5) is 11.4 Å². The van der Waals surface area contributed by atoms with Crippen LogP contribution in [-0.4, -0.2) is 26.2 Å². The molecule has 3 rings (SSSR count). The molecule has 0 bridgehead atoms. The van der Waals surface area contributed by atoms with Crippen LogP contribution in [0.25, 0.3) is 11.1 Å². The van der Waals surface area contributed by atoms with E-state index in [2.05, 4.69) is 5.32 Å². The molecule has 0 atom stereocenters. The summed E-state index contributed by atoms with van der Waals surface area (Å²) in [6, 6.07) is 20.2. The summed E-state index contributed by atoms with van der Waals surface area (Å²) in [6.45, 7) is 0.469. The second-order valence-corrected chi connectivity index (χ2v) is 6.35. The van der Waals surface area contributed by atoms with Crippen molar-refractivity contribution in [3.63, 3.8) is 0 Å². The van der Waals surface area contributed by atoms with Crippen molar-refractivity contribution >= 4 is 23.3 Å². The highest BCUT2D eigenvalue weighted by atomic mass is 16.5. The Bertz CT molecular complexity index is 1030. The minimum Gasteiger partial charge on any atom is -0.465 e. The molecule has 3 N–H and O–H groups in total. The summed E-state index contributed by atoms with van der Waals surface area (Å²) >= 11 is 0. The number of rotatable bonds is 6. The largest absolute Gasteiger partial charge is 0.465 e. The van der Waals surface area contributed by atoms with E-state index in [9.17, 15) is 9.59 Å². The van der Waals surface area contributed by atoms with Crippen LogP contribution in [0.3, 0.4) is 0 Å². The Labute approximate surface area is 169 Å². The van der Waals surface area contributed by atoms with Crippen LogP contribution in [0.2, 0.25) is 0 Å². The number of carbonyl (C=O) groups is 2. The molecule has 0 radical (unpaired) electrons. The van der Waals surface area contributed by atoms with E-state index >= 15 is 0 Å². The Hall–Kier alpha value is -3.80. The number of anilines is 2. The number of nitrogen functional groups attached to an aromatic ring is 1. The maximum atomic E-state index is 12.0. The number of benzene rings is 3. The molecular formula is C23H22N2O4. The highest BCUT2D eigenvalue weighted by molar-refractivity contribution is 5.99. The predicted octanol–water partition coefficient (Wildman–Crippen LogP) is 4.12. The monoisotopic (exact) mass is 390 g/mol. The highest BCUT2D eigenvalue weighted by Gasteiger charge is 2.15. The summed E-state index contributed by atoms with van der Waals surface area (Å²) in [5.74, 6) is -0.823. The number of methoxy groups -OCH3 is 2. The van der Waals surface area contributed by atoms with Crippen molar-refractivity contribution in [1.29, 1.82) is 0 Å². The van der Waals surface area contributed by atoms with E-state index in [4.69, 9.17) is 15.2 Å². The first kappa shape index (κ1) is 19.9. The summed E-state index contributed by atoms with van der Waals surface area (Å²) in [7, 11) is 2.70. The zero-order valence-corrected chi connectivity index (χ0v) is 16.3. The lowest BCUT2D eigenvalue weighted by Crippen LogP contribution is -2.10. The van der Waals surface area contributed by atoms with Crippen molar-refractivity contribution in [3.8, 4) is 11.1 Å². The first-order valence-electron chi connectivity index (χ1n) is 9.02. The number of esters is 2. The molecule has 0 heterocycles. The standard InChI is InChI=1S/C23H22N2O4/c1-28-22(26)18-7-4-3-6-17(18)16-12-10-15(11-13-16)14-25-21-19(23(27)29-2)8-5-9-20(21)24/h3-13,25H,14,24H2,1-2H3. The number of nitrogens with two attached hydrogens (primary N) is 1. The van der Waals surface area contributed by atoms with E-state index in [0.717, 1.165) is 16.7 Å². The third kappa shape index (κ3) is 4.38. The van der Waals surface area contributed by atoms with Gasteiger partial charge >= 0.3 is 11.9 Å². The van der Waals surface area contributed by atoms with E-state index in [1.165, 1.54) is 14.2 Å². The van der Waals surface area contributed by atoms with Crippen molar-refractivity contribution in [2.75, 3.05) is 25.3 Å². The lowest BCUT2D eigenvalue weighted by molar-refractivity contribution is 0.0593. The van der Waals surface area contributed by atoms with E-state index in [0.29, 0.717) is 29.0 Å². The molecule has 0 unspecified atom stereocenters. The topological polar surface area (TPSA) is 90.6 Å². The fourth-order valence-electron chi connectivity index (χ4n) is 3.06.